The van der Waals surface area contributed by atoms with Crippen molar-refractivity contribution in [3.8, 4) is 11.1 Å². The summed E-state index contributed by atoms with van der Waals surface area (Å²) in [5, 5.41) is 17.5. The molecule has 4 heterocycles. The first-order valence-corrected chi connectivity index (χ1v) is 10.4. The lowest BCUT2D eigenvalue weighted by molar-refractivity contribution is 0.0687. The number of pyridine rings is 1. The van der Waals surface area contributed by atoms with Crippen LogP contribution in [-0.2, 0) is 6.54 Å². The smallest absolute Gasteiger partial charge is 0.353 e. The van der Waals surface area contributed by atoms with Crippen LogP contribution in [0.5, 0.6) is 0 Å². The number of anilines is 1. The average molecular weight is 475 g/mol. The molecule has 2 aromatic carbocycles. The van der Waals surface area contributed by atoms with E-state index in [0.717, 1.165) is 6.07 Å². The van der Waals surface area contributed by atoms with E-state index in [1.54, 1.807) is 6.07 Å². The number of rotatable bonds is 4. The second kappa shape index (κ2) is 7.29. The van der Waals surface area contributed by atoms with Gasteiger partial charge in [-0.3, -0.25) is 9.89 Å². The van der Waals surface area contributed by atoms with Crippen molar-refractivity contribution in [3.63, 3.8) is 0 Å². The van der Waals surface area contributed by atoms with Gasteiger partial charge in [0.05, 0.1) is 40.2 Å². The average Bonchev–Trinajstić information content (AvgIpc) is 3.52. The molecule has 0 spiro atoms. The molecule has 174 valence electrons. The van der Waals surface area contributed by atoms with E-state index in [2.05, 4.69) is 15.2 Å². The largest absolute Gasteiger partial charge is 0.477 e. The molecule has 9 nitrogen and oxygen atoms in total. The van der Waals surface area contributed by atoms with Crippen LogP contribution in [0, 0.1) is 11.6 Å². The van der Waals surface area contributed by atoms with Gasteiger partial charge in [-0.05, 0) is 36.4 Å². The molecule has 0 atom stereocenters. The third-order valence-corrected chi connectivity index (χ3v) is 6.09. The number of aromatic carboxylic acids is 1. The molecule has 0 saturated heterocycles. The Morgan fingerprint density at radius 3 is 2.77 bits per heavy atom. The fourth-order valence-corrected chi connectivity index (χ4v) is 4.57. The van der Waals surface area contributed by atoms with Gasteiger partial charge in [-0.2, -0.15) is 5.10 Å². The molecule has 11 heteroatoms. The third-order valence-electron chi connectivity index (χ3n) is 6.09. The van der Waals surface area contributed by atoms with Gasteiger partial charge in [-0.25, -0.2) is 13.6 Å². The number of nitrogens with two attached hydrogens (primary N) is 1. The van der Waals surface area contributed by atoms with Gasteiger partial charge in [0, 0.05) is 22.7 Å². The summed E-state index contributed by atoms with van der Waals surface area (Å²) >= 11 is 0. The summed E-state index contributed by atoms with van der Waals surface area (Å²) in [6.45, 7) is -0.291. The Kier molecular flexibility index (Phi) is 4.30. The summed E-state index contributed by atoms with van der Waals surface area (Å²) < 4.78 is 36.8. The minimum Gasteiger partial charge on any atom is -0.477 e. The van der Waals surface area contributed by atoms with Gasteiger partial charge in [0.1, 0.15) is 22.9 Å². The molecule has 0 fully saturated rings. The van der Waals surface area contributed by atoms with Crippen LogP contribution in [0.3, 0.4) is 0 Å². The highest BCUT2D eigenvalue weighted by Crippen LogP contribution is 2.40. The zero-order chi connectivity index (χ0) is 24.4. The van der Waals surface area contributed by atoms with E-state index in [-0.39, 0.29) is 56.6 Å². The predicted molar refractivity (Wildman–Crippen MR) is 124 cm³/mol. The second-order valence-corrected chi connectivity index (χ2v) is 8.04. The Hall–Kier alpha value is -4.93. The quantitative estimate of drug-likeness (QED) is 0.301. The molecule has 0 unspecified atom stereocenters. The Balaban J connectivity index is 1.74. The van der Waals surface area contributed by atoms with Gasteiger partial charge in [0.25, 0.3) is 5.56 Å². The maximum atomic E-state index is 15.0. The standard InChI is InChI=1S/C24H15F2N5O4/c25-14-7-16-13(22(27)30-29-16)6-10(14)9-31-17-8-15(26)11-3-5-35-21(11)19(17)18(20(31)24(33)34)12-2-1-4-28-23(12)32/h1-8H,9H2,(H,28,32)(H,33,34)(H3,27,29,30). The van der Waals surface area contributed by atoms with Crippen molar-refractivity contribution < 1.29 is 23.1 Å². The van der Waals surface area contributed by atoms with Crippen LogP contribution in [0.2, 0.25) is 0 Å². The number of hydrogen-bond acceptors (Lipinski definition) is 5. The van der Waals surface area contributed by atoms with Crippen molar-refractivity contribution in [3.05, 3.63) is 82.1 Å². The first-order chi connectivity index (χ1) is 16.8. The summed E-state index contributed by atoms with van der Waals surface area (Å²) in [6, 6.07) is 8.23. The van der Waals surface area contributed by atoms with E-state index >= 15 is 4.39 Å². The molecule has 0 bridgehead atoms. The lowest BCUT2D eigenvalue weighted by atomic mass is 10.0. The van der Waals surface area contributed by atoms with E-state index < -0.39 is 23.2 Å². The SMILES string of the molecule is Nc1n[nH]c2cc(F)c(Cn3c(C(=O)O)c(-c4ccc[nH]c4=O)c4c5occc5c(F)cc43)cc12. The molecule has 0 radical (unpaired) electrons. The van der Waals surface area contributed by atoms with Gasteiger partial charge < -0.3 is 24.8 Å². The number of nitrogens with one attached hydrogen (secondary N) is 2. The summed E-state index contributed by atoms with van der Waals surface area (Å²) in [7, 11) is 0. The highest BCUT2D eigenvalue weighted by atomic mass is 19.1. The fourth-order valence-electron chi connectivity index (χ4n) is 4.57. The maximum absolute atomic E-state index is 15.0. The number of nitrogen functional groups attached to an aromatic ring is 1. The van der Waals surface area contributed by atoms with Crippen LogP contribution in [0.25, 0.3) is 43.9 Å². The number of H-pyrrole nitrogens is 2. The number of aromatic nitrogens is 4. The van der Waals surface area contributed by atoms with Gasteiger partial charge in [0.2, 0.25) is 0 Å². The number of carboxylic acid groups (broad SMARTS) is 1. The molecule has 0 aliphatic heterocycles. The molecular formula is C24H15F2N5O4. The van der Waals surface area contributed by atoms with Gasteiger partial charge >= 0.3 is 5.97 Å². The van der Waals surface area contributed by atoms with Crippen molar-refractivity contribution >= 4 is 44.6 Å². The zero-order valence-electron chi connectivity index (χ0n) is 17.7. The molecule has 35 heavy (non-hydrogen) atoms. The number of carboxylic acids is 1. The number of benzene rings is 2. The van der Waals surface area contributed by atoms with E-state index in [1.165, 1.54) is 41.3 Å². The van der Waals surface area contributed by atoms with Crippen LogP contribution in [0.15, 0.2) is 58.1 Å². The number of halogens is 2. The zero-order valence-corrected chi connectivity index (χ0v) is 17.7. The third kappa shape index (κ3) is 2.94. The van der Waals surface area contributed by atoms with Crippen molar-refractivity contribution in [2.45, 2.75) is 6.54 Å². The van der Waals surface area contributed by atoms with E-state index in [1.807, 2.05) is 0 Å². The predicted octanol–water partition coefficient (Wildman–Crippen LogP) is 4.23. The van der Waals surface area contributed by atoms with E-state index in [9.17, 15) is 19.1 Å². The second-order valence-electron chi connectivity index (χ2n) is 8.04. The molecule has 6 aromatic rings. The van der Waals surface area contributed by atoms with Crippen molar-refractivity contribution in [1.82, 2.24) is 19.7 Å². The van der Waals surface area contributed by atoms with Crippen molar-refractivity contribution in [2.24, 2.45) is 0 Å². The number of nitrogens with zero attached hydrogens (tertiary/aromatic N) is 2. The summed E-state index contributed by atoms with van der Waals surface area (Å²) in [5.74, 6) is -2.53. The Bertz CT molecular complexity index is 1880. The summed E-state index contributed by atoms with van der Waals surface area (Å²) in [4.78, 5) is 27.8. The van der Waals surface area contributed by atoms with Crippen LogP contribution < -0.4 is 11.3 Å². The molecule has 0 amide bonds. The van der Waals surface area contributed by atoms with Gasteiger partial charge in [0.15, 0.2) is 5.82 Å². The molecule has 0 aliphatic rings. The first-order valence-electron chi connectivity index (χ1n) is 10.4. The minimum atomic E-state index is -1.39. The maximum Gasteiger partial charge on any atom is 0.353 e. The van der Waals surface area contributed by atoms with Crippen LogP contribution >= 0.6 is 0 Å². The van der Waals surface area contributed by atoms with E-state index in [4.69, 9.17) is 10.2 Å². The highest BCUT2D eigenvalue weighted by Gasteiger charge is 2.29. The Morgan fingerprint density at radius 1 is 1.17 bits per heavy atom. The number of hydrogen-bond donors (Lipinski definition) is 4. The molecule has 5 N–H and O–H groups in total. The monoisotopic (exact) mass is 475 g/mol. The Morgan fingerprint density at radius 2 is 2.00 bits per heavy atom. The molecule has 6 rings (SSSR count). The summed E-state index contributed by atoms with van der Waals surface area (Å²) in [6.07, 6.45) is 2.69. The van der Waals surface area contributed by atoms with E-state index in [0.29, 0.717) is 10.9 Å². The number of aromatic amines is 2. The highest BCUT2D eigenvalue weighted by molar-refractivity contribution is 6.17. The topological polar surface area (TPSA) is 143 Å². The van der Waals surface area contributed by atoms with Gasteiger partial charge in [-0.15, -0.1) is 0 Å². The molecule has 4 aromatic heterocycles. The van der Waals surface area contributed by atoms with Crippen LogP contribution in [0.4, 0.5) is 14.6 Å². The normalized spacial score (nSPS) is 11.7. The minimum absolute atomic E-state index is 0.0404. The van der Waals surface area contributed by atoms with Gasteiger partial charge in [-0.1, -0.05) is 0 Å². The fraction of sp³-hybridized carbons (Fsp3) is 0.0417. The Labute approximate surface area is 193 Å². The molecular weight excluding hydrogens is 460 g/mol. The number of fused-ring (bicyclic) bond motifs is 4. The van der Waals surface area contributed by atoms with Crippen molar-refractivity contribution in [1.29, 1.82) is 0 Å². The van der Waals surface area contributed by atoms with Crippen molar-refractivity contribution in [2.75, 3.05) is 5.73 Å². The summed E-state index contributed by atoms with van der Waals surface area (Å²) in [5.41, 5.74) is 5.76. The molecule has 0 saturated carbocycles. The number of furan rings is 1. The lowest BCUT2D eigenvalue weighted by Gasteiger charge is -2.11. The number of carbonyl (C=O) groups is 1. The first kappa shape index (κ1) is 20.7. The molecule has 0 aliphatic carbocycles. The van der Waals surface area contributed by atoms with Crippen LogP contribution in [0.1, 0.15) is 16.1 Å². The lowest BCUT2D eigenvalue weighted by Crippen LogP contribution is -2.14. The van der Waals surface area contributed by atoms with Crippen LogP contribution in [-0.4, -0.2) is 30.8 Å².